The normalized spacial score (nSPS) is 35.2. The molecule has 1 heterocycles. The average Bonchev–Trinajstić information content (AvgIpc) is 2.63. The maximum absolute atomic E-state index is 11.3. The number of hydrogen-bond donors (Lipinski definition) is 1. The van der Waals surface area contributed by atoms with Crippen LogP contribution in [0.4, 0.5) is 4.79 Å². The van der Waals surface area contributed by atoms with E-state index in [-0.39, 0.29) is 6.03 Å². The largest absolute Gasteiger partial charge is 0.335 e. The van der Waals surface area contributed by atoms with Crippen molar-refractivity contribution in [3.63, 3.8) is 0 Å². The van der Waals surface area contributed by atoms with Crippen molar-refractivity contribution in [2.24, 2.45) is 5.92 Å². The van der Waals surface area contributed by atoms with E-state index >= 15 is 0 Å². The summed E-state index contributed by atoms with van der Waals surface area (Å²) < 4.78 is 0. The van der Waals surface area contributed by atoms with Crippen LogP contribution in [0, 0.1) is 5.92 Å². The van der Waals surface area contributed by atoms with Crippen LogP contribution in [0.2, 0.25) is 0 Å². The Morgan fingerprint density at radius 3 is 3.00 bits per heavy atom. The Kier molecular flexibility index (Phi) is 1.34. The van der Waals surface area contributed by atoms with Gasteiger partial charge in [-0.3, -0.25) is 0 Å². The summed E-state index contributed by atoms with van der Waals surface area (Å²) in [6, 6.07) is 0.979. The molecule has 0 aromatic carbocycles. The molecule has 1 aliphatic carbocycles. The number of urea groups is 1. The first-order valence-corrected chi connectivity index (χ1v) is 4.25. The minimum atomic E-state index is 0.124. The van der Waals surface area contributed by atoms with E-state index in [4.69, 9.17) is 0 Å². The number of nitrogens with zero attached hydrogens (tertiary/aromatic N) is 1. The third kappa shape index (κ3) is 1.08. The summed E-state index contributed by atoms with van der Waals surface area (Å²) in [5.41, 5.74) is 0. The first kappa shape index (κ1) is 6.95. The van der Waals surface area contributed by atoms with E-state index in [0.717, 1.165) is 12.5 Å². The number of carbonyl (C=O) groups is 1. The lowest BCUT2D eigenvalue weighted by Gasteiger charge is -2.30. The Labute approximate surface area is 66.8 Å². The number of amides is 2. The maximum atomic E-state index is 11.3. The van der Waals surface area contributed by atoms with E-state index < -0.39 is 0 Å². The summed E-state index contributed by atoms with van der Waals surface area (Å²) in [5, 5.41) is 2.97. The van der Waals surface area contributed by atoms with Gasteiger partial charge in [-0.25, -0.2) is 4.79 Å². The van der Waals surface area contributed by atoms with Crippen molar-refractivity contribution in [1.29, 1.82) is 0 Å². The smallest absolute Gasteiger partial charge is 0.317 e. The zero-order valence-electron chi connectivity index (χ0n) is 7.00. The van der Waals surface area contributed by atoms with Crippen molar-refractivity contribution in [3.8, 4) is 0 Å². The summed E-state index contributed by atoms with van der Waals surface area (Å²) in [7, 11) is 0. The van der Waals surface area contributed by atoms with Crippen molar-refractivity contribution in [2.45, 2.75) is 32.4 Å². The van der Waals surface area contributed by atoms with Gasteiger partial charge in [0.2, 0.25) is 0 Å². The molecule has 11 heavy (non-hydrogen) atoms. The second kappa shape index (κ2) is 2.13. The Morgan fingerprint density at radius 1 is 1.64 bits per heavy atom. The third-order valence-electron chi connectivity index (χ3n) is 2.55. The number of fused-ring (bicyclic) bond motifs is 1. The highest BCUT2D eigenvalue weighted by atomic mass is 16.2. The Balaban J connectivity index is 2.03. The molecular formula is C8H14N2O. The van der Waals surface area contributed by atoms with Crippen LogP contribution in [0.1, 0.15) is 20.3 Å². The molecule has 0 aromatic heterocycles. The predicted octanol–water partition coefficient (Wildman–Crippen LogP) is 0.808. The molecule has 2 fully saturated rings. The standard InChI is InChI=1S/C8H14N2O/c1-5(2)10-4-6-3-7(6)9-8(10)11/h5-7H,3-4H2,1-2H3,(H,9,11). The SMILES string of the molecule is CC(C)N1CC2CC2NC1=O. The van der Waals surface area contributed by atoms with Gasteiger partial charge in [0.1, 0.15) is 0 Å². The molecule has 1 saturated carbocycles. The molecule has 2 rings (SSSR count). The molecule has 1 N–H and O–H groups in total. The molecule has 0 radical (unpaired) electrons. The molecule has 1 aliphatic heterocycles. The van der Waals surface area contributed by atoms with Crippen molar-refractivity contribution in [3.05, 3.63) is 0 Å². The monoisotopic (exact) mass is 154 g/mol. The highest BCUT2D eigenvalue weighted by Crippen LogP contribution is 2.34. The number of rotatable bonds is 1. The zero-order chi connectivity index (χ0) is 8.01. The summed E-state index contributed by atoms with van der Waals surface area (Å²) in [4.78, 5) is 13.2. The van der Waals surface area contributed by atoms with Crippen LogP contribution in [0.3, 0.4) is 0 Å². The van der Waals surface area contributed by atoms with Crippen LogP contribution in [0.25, 0.3) is 0 Å². The molecule has 2 amide bonds. The van der Waals surface area contributed by atoms with Crippen molar-refractivity contribution < 1.29 is 4.79 Å². The van der Waals surface area contributed by atoms with Gasteiger partial charge in [0.25, 0.3) is 0 Å². The molecule has 2 unspecified atom stereocenters. The van der Waals surface area contributed by atoms with E-state index in [1.54, 1.807) is 0 Å². The quantitative estimate of drug-likeness (QED) is 0.595. The molecule has 1 saturated heterocycles. The van der Waals surface area contributed by atoms with Gasteiger partial charge in [-0.1, -0.05) is 0 Å². The highest BCUT2D eigenvalue weighted by Gasteiger charge is 2.45. The molecule has 0 bridgehead atoms. The van der Waals surface area contributed by atoms with Gasteiger partial charge in [0.05, 0.1) is 0 Å². The Hall–Kier alpha value is -0.730. The predicted molar refractivity (Wildman–Crippen MR) is 42.3 cm³/mol. The average molecular weight is 154 g/mol. The third-order valence-corrected chi connectivity index (χ3v) is 2.55. The molecule has 0 aromatic rings. The maximum Gasteiger partial charge on any atom is 0.317 e. The molecule has 3 nitrogen and oxygen atoms in total. The van der Waals surface area contributed by atoms with Crippen molar-refractivity contribution >= 4 is 6.03 Å². The van der Waals surface area contributed by atoms with Crippen LogP contribution in [0.5, 0.6) is 0 Å². The fourth-order valence-corrected chi connectivity index (χ4v) is 1.65. The lowest BCUT2D eigenvalue weighted by molar-refractivity contribution is 0.168. The number of nitrogens with one attached hydrogen (secondary N) is 1. The van der Waals surface area contributed by atoms with E-state index in [1.165, 1.54) is 6.42 Å². The second-order valence-electron chi connectivity index (χ2n) is 3.80. The molecule has 62 valence electrons. The van der Waals surface area contributed by atoms with Gasteiger partial charge in [0, 0.05) is 18.6 Å². The molecule has 2 aliphatic rings. The molecular weight excluding hydrogens is 140 g/mol. The van der Waals surface area contributed by atoms with Gasteiger partial charge < -0.3 is 10.2 Å². The fourth-order valence-electron chi connectivity index (χ4n) is 1.65. The van der Waals surface area contributed by atoms with Crippen molar-refractivity contribution in [2.75, 3.05) is 6.54 Å². The summed E-state index contributed by atoms with van der Waals surface area (Å²) >= 11 is 0. The highest BCUT2D eigenvalue weighted by molar-refractivity contribution is 5.76. The lowest BCUT2D eigenvalue weighted by Crippen LogP contribution is -2.50. The topological polar surface area (TPSA) is 32.3 Å². The van der Waals surface area contributed by atoms with E-state index in [1.807, 2.05) is 4.90 Å². The molecule has 2 atom stereocenters. The van der Waals surface area contributed by atoms with Crippen LogP contribution in [-0.4, -0.2) is 29.6 Å². The second-order valence-corrected chi connectivity index (χ2v) is 3.80. The Bertz CT molecular complexity index is 191. The Morgan fingerprint density at radius 2 is 2.36 bits per heavy atom. The minimum absolute atomic E-state index is 0.124. The fraction of sp³-hybridized carbons (Fsp3) is 0.875. The van der Waals surface area contributed by atoms with Gasteiger partial charge in [-0.2, -0.15) is 0 Å². The van der Waals surface area contributed by atoms with Crippen LogP contribution >= 0.6 is 0 Å². The van der Waals surface area contributed by atoms with Gasteiger partial charge in [-0.05, 0) is 26.2 Å². The number of hydrogen-bond acceptors (Lipinski definition) is 1. The van der Waals surface area contributed by atoms with Crippen LogP contribution in [0.15, 0.2) is 0 Å². The van der Waals surface area contributed by atoms with Crippen LogP contribution in [-0.2, 0) is 0 Å². The summed E-state index contributed by atoms with van der Waals surface area (Å²) in [6.07, 6.45) is 1.19. The number of carbonyl (C=O) groups excluding carboxylic acids is 1. The lowest BCUT2D eigenvalue weighted by atomic mass is 10.2. The molecule has 3 heteroatoms. The zero-order valence-corrected chi connectivity index (χ0v) is 7.00. The van der Waals surface area contributed by atoms with Gasteiger partial charge in [-0.15, -0.1) is 0 Å². The minimum Gasteiger partial charge on any atom is -0.335 e. The van der Waals surface area contributed by atoms with Gasteiger partial charge in [0.15, 0.2) is 0 Å². The first-order valence-electron chi connectivity index (χ1n) is 4.25. The first-order chi connectivity index (χ1) is 5.18. The van der Waals surface area contributed by atoms with E-state index in [9.17, 15) is 4.79 Å². The van der Waals surface area contributed by atoms with Gasteiger partial charge >= 0.3 is 6.03 Å². The van der Waals surface area contributed by atoms with E-state index in [0.29, 0.717) is 12.1 Å². The summed E-state index contributed by atoms with van der Waals surface area (Å²) in [5.74, 6) is 0.745. The molecule has 0 spiro atoms. The summed E-state index contributed by atoms with van der Waals surface area (Å²) in [6.45, 7) is 5.08. The van der Waals surface area contributed by atoms with E-state index in [2.05, 4.69) is 19.2 Å². The van der Waals surface area contributed by atoms with Crippen LogP contribution < -0.4 is 5.32 Å². The van der Waals surface area contributed by atoms with Crippen molar-refractivity contribution in [1.82, 2.24) is 10.2 Å².